The monoisotopic (exact) mass is 348 g/mol. The smallest absolute Gasteiger partial charge is 0.152 e. The molecule has 1 aliphatic rings. The Hall–Kier alpha value is -1.33. The molecule has 2 heterocycles. The van der Waals surface area contributed by atoms with Gasteiger partial charge in [-0.1, -0.05) is 18.2 Å². The molecule has 0 aliphatic carbocycles. The van der Waals surface area contributed by atoms with Crippen molar-refractivity contribution < 1.29 is 8.42 Å². The van der Waals surface area contributed by atoms with Gasteiger partial charge in [-0.3, -0.25) is 0 Å². The lowest BCUT2D eigenvalue weighted by Crippen LogP contribution is -2.34. The molecule has 1 saturated heterocycles. The standard InChI is InChI=1S/C19H28N2O2S/c1-15(2)24(22,23)13-5-10-21-11-8-16(9-12-21)19-14-17-6-3-4-7-18(17)20-19/h3-4,6-7,14-16,20H,5,8-13H2,1-2H3. The Labute approximate surface area is 145 Å². The van der Waals surface area contributed by atoms with Crippen LogP contribution in [-0.4, -0.2) is 48.9 Å². The molecule has 0 bridgehead atoms. The predicted molar refractivity (Wildman–Crippen MR) is 100 cm³/mol. The molecule has 0 unspecified atom stereocenters. The largest absolute Gasteiger partial charge is 0.358 e. The van der Waals surface area contributed by atoms with Crippen molar-refractivity contribution in [3.8, 4) is 0 Å². The zero-order valence-electron chi connectivity index (χ0n) is 14.7. The van der Waals surface area contributed by atoms with Crippen LogP contribution in [0.15, 0.2) is 30.3 Å². The van der Waals surface area contributed by atoms with Crippen LogP contribution in [0.25, 0.3) is 10.9 Å². The fourth-order valence-electron chi connectivity index (χ4n) is 3.51. The highest BCUT2D eigenvalue weighted by Crippen LogP contribution is 2.29. The van der Waals surface area contributed by atoms with E-state index in [1.807, 2.05) is 0 Å². The second kappa shape index (κ2) is 7.28. The van der Waals surface area contributed by atoms with Gasteiger partial charge in [0.1, 0.15) is 0 Å². The van der Waals surface area contributed by atoms with Crippen molar-refractivity contribution >= 4 is 20.7 Å². The average Bonchev–Trinajstić information content (AvgIpc) is 2.99. The molecule has 1 aromatic carbocycles. The molecule has 1 aliphatic heterocycles. The number of sulfone groups is 1. The molecular formula is C19H28N2O2S. The Kier molecular flexibility index (Phi) is 5.30. The highest BCUT2D eigenvalue weighted by atomic mass is 32.2. The third-order valence-electron chi connectivity index (χ3n) is 5.20. The Morgan fingerprint density at radius 1 is 1.21 bits per heavy atom. The molecular weight excluding hydrogens is 320 g/mol. The van der Waals surface area contributed by atoms with Crippen LogP contribution in [0, 0.1) is 0 Å². The summed E-state index contributed by atoms with van der Waals surface area (Å²) in [5.74, 6) is 0.903. The van der Waals surface area contributed by atoms with E-state index in [4.69, 9.17) is 0 Å². The van der Waals surface area contributed by atoms with Crippen molar-refractivity contribution in [1.29, 1.82) is 0 Å². The summed E-state index contributed by atoms with van der Waals surface area (Å²) in [5.41, 5.74) is 2.56. The number of H-pyrrole nitrogens is 1. The van der Waals surface area contributed by atoms with Gasteiger partial charge in [-0.25, -0.2) is 8.42 Å². The normalized spacial score (nSPS) is 17.8. The van der Waals surface area contributed by atoms with Crippen LogP contribution in [0.1, 0.15) is 44.7 Å². The Bertz CT molecular complexity index is 739. The quantitative estimate of drug-likeness (QED) is 0.868. The van der Waals surface area contributed by atoms with Crippen LogP contribution < -0.4 is 0 Å². The van der Waals surface area contributed by atoms with E-state index in [-0.39, 0.29) is 5.25 Å². The first-order valence-corrected chi connectivity index (χ1v) is 10.7. The fourth-order valence-corrected chi connectivity index (χ4v) is 4.51. The van der Waals surface area contributed by atoms with Crippen LogP contribution in [0.4, 0.5) is 0 Å². The van der Waals surface area contributed by atoms with Gasteiger partial charge in [0.2, 0.25) is 0 Å². The van der Waals surface area contributed by atoms with Crippen molar-refractivity contribution in [2.45, 2.75) is 44.3 Å². The van der Waals surface area contributed by atoms with E-state index in [0.717, 1.165) is 38.9 Å². The van der Waals surface area contributed by atoms with Crippen LogP contribution in [-0.2, 0) is 9.84 Å². The second-order valence-corrected chi connectivity index (χ2v) is 9.87. The maximum absolute atomic E-state index is 11.9. The van der Waals surface area contributed by atoms with Gasteiger partial charge in [-0.15, -0.1) is 0 Å². The van der Waals surface area contributed by atoms with Gasteiger partial charge >= 0.3 is 0 Å². The second-order valence-electron chi connectivity index (χ2n) is 7.20. The summed E-state index contributed by atoms with van der Waals surface area (Å²) < 4.78 is 23.7. The van der Waals surface area contributed by atoms with Gasteiger partial charge in [0.05, 0.1) is 11.0 Å². The number of aromatic nitrogens is 1. The lowest BCUT2D eigenvalue weighted by Gasteiger charge is -2.31. The number of nitrogens with zero attached hydrogens (tertiary/aromatic N) is 1. The van der Waals surface area contributed by atoms with Crippen molar-refractivity contribution in [3.63, 3.8) is 0 Å². The average molecular weight is 349 g/mol. The number of hydrogen-bond donors (Lipinski definition) is 1. The van der Waals surface area contributed by atoms with Crippen LogP contribution in [0.5, 0.6) is 0 Å². The lowest BCUT2D eigenvalue weighted by atomic mass is 9.93. The van der Waals surface area contributed by atoms with Crippen LogP contribution in [0.2, 0.25) is 0 Å². The number of piperidine rings is 1. The molecule has 1 aromatic heterocycles. The number of benzene rings is 1. The van der Waals surface area contributed by atoms with Gasteiger partial charge in [-0.2, -0.15) is 0 Å². The molecule has 132 valence electrons. The first kappa shape index (κ1) is 17.5. The highest BCUT2D eigenvalue weighted by molar-refractivity contribution is 7.91. The first-order chi connectivity index (χ1) is 11.5. The molecule has 2 aromatic rings. The molecule has 5 heteroatoms. The Balaban J connectivity index is 1.49. The third kappa shape index (κ3) is 4.01. The topological polar surface area (TPSA) is 53.2 Å². The van der Waals surface area contributed by atoms with E-state index in [1.54, 1.807) is 13.8 Å². The van der Waals surface area contributed by atoms with Gasteiger partial charge in [-0.05, 0) is 70.3 Å². The summed E-state index contributed by atoms with van der Waals surface area (Å²) in [6, 6.07) is 10.7. The molecule has 1 fully saturated rings. The molecule has 0 atom stereocenters. The summed E-state index contributed by atoms with van der Waals surface area (Å²) in [5, 5.41) is 1.03. The maximum Gasteiger partial charge on any atom is 0.152 e. The van der Waals surface area contributed by atoms with Gasteiger partial charge in [0.25, 0.3) is 0 Å². The maximum atomic E-state index is 11.9. The van der Waals surface area contributed by atoms with Gasteiger partial charge in [0.15, 0.2) is 9.84 Å². The number of likely N-dealkylation sites (tertiary alicyclic amines) is 1. The van der Waals surface area contributed by atoms with Crippen molar-refractivity contribution in [2.75, 3.05) is 25.4 Å². The van der Waals surface area contributed by atoms with Crippen LogP contribution in [0.3, 0.4) is 0 Å². The predicted octanol–water partition coefficient (Wildman–Crippen LogP) is 3.56. The van der Waals surface area contributed by atoms with Crippen LogP contribution >= 0.6 is 0 Å². The number of hydrogen-bond acceptors (Lipinski definition) is 3. The molecule has 3 rings (SSSR count). The fraction of sp³-hybridized carbons (Fsp3) is 0.579. The van der Waals surface area contributed by atoms with E-state index in [0.29, 0.717) is 11.7 Å². The molecule has 0 radical (unpaired) electrons. The Morgan fingerprint density at radius 2 is 1.92 bits per heavy atom. The SMILES string of the molecule is CC(C)S(=O)(=O)CCCN1CCC(c2cc3ccccc3[nH]2)CC1. The minimum absolute atomic E-state index is 0.259. The molecule has 0 spiro atoms. The minimum Gasteiger partial charge on any atom is -0.358 e. The number of rotatable bonds is 6. The van der Waals surface area contributed by atoms with Crippen molar-refractivity contribution in [1.82, 2.24) is 9.88 Å². The third-order valence-corrected chi connectivity index (χ3v) is 7.49. The molecule has 0 amide bonds. The zero-order chi connectivity index (χ0) is 17.2. The first-order valence-electron chi connectivity index (χ1n) is 8.97. The van der Waals surface area contributed by atoms with Crippen molar-refractivity contribution in [2.24, 2.45) is 0 Å². The molecule has 1 N–H and O–H groups in total. The summed E-state index contributed by atoms with van der Waals surface area (Å²) >= 11 is 0. The molecule has 24 heavy (non-hydrogen) atoms. The zero-order valence-corrected chi connectivity index (χ0v) is 15.5. The minimum atomic E-state index is -2.90. The summed E-state index contributed by atoms with van der Waals surface area (Å²) in [6.45, 7) is 6.54. The van der Waals surface area contributed by atoms with Gasteiger partial charge in [0, 0.05) is 17.1 Å². The molecule has 4 nitrogen and oxygen atoms in total. The van der Waals surface area contributed by atoms with Gasteiger partial charge < -0.3 is 9.88 Å². The van der Waals surface area contributed by atoms with E-state index in [9.17, 15) is 8.42 Å². The summed E-state index contributed by atoms with van der Waals surface area (Å²) in [6.07, 6.45) is 3.03. The number of fused-ring (bicyclic) bond motifs is 1. The highest BCUT2D eigenvalue weighted by Gasteiger charge is 2.22. The van der Waals surface area contributed by atoms with E-state index >= 15 is 0 Å². The number of aromatic amines is 1. The van der Waals surface area contributed by atoms with E-state index in [1.165, 1.54) is 16.6 Å². The Morgan fingerprint density at radius 3 is 2.58 bits per heavy atom. The number of para-hydroxylation sites is 1. The molecule has 0 saturated carbocycles. The number of nitrogens with one attached hydrogen (secondary N) is 1. The summed E-state index contributed by atoms with van der Waals surface area (Å²) in [4.78, 5) is 5.97. The lowest BCUT2D eigenvalue weighted by molar-refractivity contribution is 0.212. The van der Waals surface area contributed by atoms with E-state index in [2.05, 4.69) is 40.2 Å². The van der Waals surface area contributed by atoms with E-state index < -0.39 is 9.84 Å². The summed E-state index contributed by atoms with van der Waals surface area (Å²) in [7, 11) is -2.90. The van der Waals surface area contributed by atoms with Crippen molar-refractivity contribution in [3.05, 3.63) is 36.0 Å².